The summed E-state index contributed by atoms with van der Waals surface area (Å²) < 4.78 is 1.95. The van der Waals surface area contributed by atoms with E-state index in [4.69, 9.17) is 0 Å². The number of hydrogen-bond acceptors (Lipinski definition) is 4. The number of nitro benzene ring substituents is 1. The molecule has 0 unspecified atom stereocenters. The number of non-ortho nitro benzene ring substituents is 1. The third-order valence-electron chi connectivity index (χ3n) is 3.32. The van der Waals surface area contributed by atoms with Crippen molar-refractivity contribution in [2.45, 2.75) is 32.0 Å². The summed E-state index contributed by atoms with van der Waals surface area (Å²) in [6.45, 7) is 1.38. The van der Waals surface area contributed by atoms with E-state index in [0.717, 1.165) is 17.8 Å². The van der Waals surface area contributed by atoms with Crippen LogP contribution in [0.3, 0.4) is 0 Å². The number of nitrogens with zero attached hydrogens (tertiary/aromatic N) is 3. The molecule has 0 atom stereocenters. The Morgan fingerprint density at radius 1 is 1.45 bits per heavy atom. The van der Waals surface area contributed by atoms with Crippen molar-refractivity contribution in [1.82, 2.24) is 14.9 Å². The molecule has 1 aromatic carbocycles. The molecule has 0 aliphatic heterocycles. The molecule has 1 fully saturated rings. The lowest BCUT2D eigenvalue weighted by Gasteiger charge is -2.02. The smallest absolute Gasteiger partial charge is 0.269 e. The molecule has 104 valence electrons. The fourth-order valence-corrected chi connectivity index (χ4v) is 2.10. The van der Waals surface area contributed by atoms with Gasteiger partial charge in [-0.25, -0.2) is 4.98 Å². The van der Waals surface area contributed by atoms with Gasteiger partial charge in [0.15, 0.2) is 0 Å². The Bertz CT molecular complexity index is 619. The highest BCUT2D eigenvalue weighted by Crippen LogP contribution is 2.19. The molecule has 1 aliphatic carbocycles. The second kappa shape index (κ2) is 5.42. The summed E-state index contributed by atoms with van der Waals surface area (Å²) in [6, 6.07) is 7.36. The minimum Gasteiger partial charge on any atom is -0.333 e. The zero-order valence-corrected chi connectivity index (χ0v) is 11.0. The maximum absolute atomic E-state index is 10.7. The lowest BCUT2D eigenvalue weighted by Crippen LogP contribution is -2.15. The molecule has 0 bridgehead atoms. The number of nitro groups is 1. The third-order valence-corrected chi connectivity index (χ3v) is 3.32. The third kappa shape index (κ3) is 3.21. The lowest BCUT2D eigenvalue weighted by atomic mass is 10.2. The van der Waals surface area contributed by atoms with Crippen LogP contribution in [0.25, 0.3) is 0 Å². The molecule has 1 aliphatic rings. The molecule has 0 radical (unpaired) electrons. The van der Waals surface area contributed by atoms with Crippen LogP contribution in [0.4, 0.5) is 5.69 Å². The van der Waals surface area contributed by atoms with Crippen molar-refractivity contribution in [3.8, 4) is 0 Å². The van der Waals surface area contributed by atoms with E-state index in [1.165, 1.54) is 18.9 Å². The molecule has 1 aromatic heterocycles. The van der Waals surface area contributed by atoms with Crippen LogP contribution in [0, 0.1) is 10.1 Å². The Labute approximate surface area is 116 Å². The first kappa shape index (κ1) is 12.8. The molecule has 6 nitrogen and oxygen atoms in total. The predicted molar refractivity (Wildman–Crippen MR) is 74.3 cm³/mol. The summed E-state index contributed by atoms with van der Waals surface area (Å²) in [6.07, 6.45) is 6.26. The van der Waals surface area contributed by atoms with Crippen molar-refractivity contribution in [3.05, 3.63) is 58.2 Å². The molecular formula is C14H16N4O2. The van der Waals surface area contributed by atoms with Gasteiger partial charge in [-0.2, -0.15) is 0 Å². The molecule has 1 saturated carbocycles. The van der Waals surface area contributed by atoms with Crippen LogP contribution in [0.1, 0.15) is 24.1 Å². The number of benzene rings is 1. The Morgan fingerprint density at radius 3 is 3.05 bits per heavy atom. The van der Waals surface area contributed by atoms with E-state index in [1.807, 2.05) is 16.8 Å². The van der Waals surface area contributed by atoms with Gasteiger partial charge in [-0.1, -0.05) is 12.1 Å². The normalized spacial score (nSPS) is 14.4. The van der Waals surface area contributed by atoms with Crippen molar-refractivity contribution in [3.63, 3.8) is 0 Å². The number of hydrogen-bond donors (Lipinski definition) is 1. The molecule has 3 rings (SSSR count). The molecule has 0 amide bonds. The van der Waals surface area contributed by atoms with Gasteiger partial charge in [0.1, 0.15) is 0 Å². The van der Waals surface area contributed by atoms with Gasteiger partial charge in [0.25, 0.3) is 5.69 Å². The number of nitrogens with one attached hydrogen (secondary N) is 1. The average Bonchev–Trinajstić information content (AvgIpc) is 3.17. The van der Waals surface area contributed by atoms with Crippen LogP contribution in [0.5, 0.6) is 0 Å². The minimum absolute atomic E-state index is 0.123. The van der Waals surface area contributed by atoms with Crippen molar-refractivity contribution >= 4 is 5.69 Å². The van der Waals surface area contributed by atoms with Crippen molar-refractivity contribution in [1.29, 1.82) is 0 Å². The molecule has 0 saturated heterocycles. The van der Waals surface area contributed by atoms with Gasteiger partial charge in [-0.3, -0.25) is 10.1 Å². The van der Waals surface area contributed by atoms with E-state index in [2.05, 4.69) is 10.3 Å². The zero-order chi connectivity index (χ0) is 13.9. The molecule has 0 spiro atoms. The second-order valence-electron chi connectivity index (χ2n) is 5.12. The maximum atomic E-state index is 10.7. The van der Waals surface area contributed by atoms with Crippen molar-refractivity contribution < 1.29 is 4.92 Å². The first-order valence-corrected chi connectivity index (χ1v) is 6.68. The molecule has 1 N–H and O–H groups in total. The zero-order valence-electron chi connectivity index (χ0n) is 11.0. The Morgan fingerprint density at radius 2 is 2.30 bits per heavy atom. The Balaban J connectivity index is 1.64. The van der Waals surface area contributed by atoms with Crippen LogP contribution < -0.4 is 5.32 Å². The van der Waals surface area contributed by atoms with Crippen molar-refractivity contribution in [2.24, 2.45) is 0 Å². The Kier molecular flexibility index (Phi) is 3.47. The van der Waals surface area contributed by atoms with E-state index in [0.29, 0.717) is 12.6 Å². The molecule has 1 heterocycles. The quantitative estimate of drug-likeness (QED) is 0.645. The van der Waals surface area contributed by atoms with Gasteiger partial charge in [-0.15, -0.1) is 0 Å². The van der Waals surface area contributed by atoms with Crippen molar-refractivity contribution in [2.75, 3.05) is 0 Å². The van der Waals surface area contributed by atoms with E-state index in [1.54, 1.807) is 18.5 Å². The molecule has 2 aromatic rings. The van der Waals surface area contributed by atoms with Gasteiger partial charge in [0, 0.05) is 37.5 Å². The molecule has 6 heteroatoms. The fraction of sp³-hybridized carbons (Fsp3) is 0.357. The summed E-state index contributed by atoms with van der Waals surface area (Å²) in [4.78, 5) is 14.7. The highest BCUT2D eigenvalue weighted by Gasteiger charge is 2.20. The van der Waals surface area contributed by atoms with Gasteiger partial charge in [0.05, 0.1) is 16.9 Å². The van der Waals surface area contributed by atoms with E-state index >= 15 is 0 Å². The largest absolute Gasteiger partial charge is 0.333 e. The summed E-state index contributed by atoms with van der Waals surface area (Å²) in [5.74, 6) is 0. The van der Waals surface area contributed by atoms with E-state index in [-0.39, 0.29) is 10.6 Å². The lowest BCUT2D eigenvalue weighted by molar-refractivity contribution is -0.384. The van der Waals surface area contributed by atoms with Crippen LogP contribution in [-0.2, 0) is 13.1 Å². The number of imidazole rings is 1. The topological polar surface area (TPSA) is 73.0 Å². The van der Waals surface area contributed by atoms with Crippen LogP contribution >= 0.6 is 0 Å². The summed E-state index contributed by atoms with van der Waals surface area (Å²) in [5.41, 5.74) is 2.03. The summed E-state index contributed by atoms with van der Waals surface area (Å²) >= 11 is 0. The van der Waals surface area contributed by atoms with E-state index in [9.17, 15) is 10.1 Å². The van der Waals surface area contributed by atoms with Crippen LogP contribution in [-0.4, -0.2) is 20.5 Å². The molecule has 20 heavy (non-hydrogen) atoms. The van der Waals surface area contributed by atoms with Gasteiger partial charge in [-0.05, 0) is 18.4 Å². The fourth-order valence-electron chi connectivity index (χ4n) is 2.10. The number of rotatable bonds is 6. The van der Waals surface area contributed by atoms with Gasteiger partial charge >= 0.3 is 0 Å². The Hall–Kier alpha value is -2.21. The SMILES string of the molecule is O=[N+]([O-])c1cccc(Cn2cnc(CNC3CC3)c2)c1. The second-order valence-corrected chi connectivity index (χ2v) is 5.12. The highest BCUT2D eigenvalue weighted by atomic mass is 16.6. The number of aromatic nitrogens is 2. The molecular weight excluding hydrogens is 256 g/mol. The first-order valence-electron chi connectivity index (χ1n) is 6.68. The highest BCUT2D eigenvalue weighted by molar-refractivity contribution is 5.34. The van der Waals surface area contributed by atoms with E-state index < -0.39 is 0 Å². The average molecular weight is 272 g/mol. The van der Waals surface area contributed by atoms with Crippen LogP contribution in [0.2, 0.25) is 0 Å². The maximum Gasteiger partial charge on any atom is 0.269 e. The monoisotopic (exact) mass is 272 g/mol. The standard InChI is InChI=1S/C14H16N4O2/c19-18(20)14-3-1-2-11(6-14)8-17-9-13(16-10-17)7-15-12-4-5-12/h1-3,6,9-10,12,15H,4-5,7-8H2. The predicted octanol–water partition coefficient (Wildman–Crippen LogP) is 2.09. The minimum atomic E-state index is -0.373. The summed E-state index contributed by atoms with van der Waals surface area (Å²) in [7, 11) is 0. The van der Waals surface area contributed by atoms with Gasteiger partial charge < -0.3 is 9.88 Å². The summed E-state index contributed by atoms with van der Waals surface area (Å²) in [5, 5.41) is 14.2. The van der Waals surface area contributed by atoms with Gasteiger partial charge in [0.2, 0.25) is 0 Å². The first-order chi connectivity index (χ1) is 9.70. The van der Waals surface area contributed by atoms with Crippen LogP contribution in [0.15, 0.2) is 36.8 Å².